The molecule has 1 fully saturated rings. The summed E-state index contributed by atoms with van der Waals surface area (Å²) in [4.78, 5) is 30.8. The number of anilines is 1. The van der Waals surface area contributed by atoms with Gasteiger partial charge in [0.1, 0.15) is 11.1 Å². The van der Waals surface area contributed by atoms with Crippen molar-refractivity contribution in [3.63, 3.8) is 0 Å². The fraction of sp³-hybridized carbons (Fsp3) is 0.316. The minimum Gasteiger partial charge on any atom is -0.344 e. The Labute approximate surface area is 164 Å². The maximum atomic E-state index is 12.8. The van der Waals surface area contributed by atoms with Gasteiger partial charge >= 0.3 is 6.18 Å². The molecular formula is C19H17ClF3N3O2. The first-order valence-corrected chi connectivity index (χ1v) is 8.82. The second kappa shape index (κ2) is 7.43. The summed E-state index contributed by atoms with van der Waals surface area (Å²) in [5.41, 5.74) is 0.628. The van der Waals surface area contributed by atoms with Crippen LogP contribution in [-0.2, 0) is 15.8 Å². The van der Waals surface area contributed by atoms with Gasteiger partial charge < -0.3 is 10.2 Å². The van der Waals surface area contributed by atoms with Gasteiger partial charge in [-0.25, -0.2) is 4.98 Å². The van der Waals surface area contributed by atoms with Crippen molar-refractivity contribution in [1.82, 2.24) is 9.88 Å². The highest BCUT2D eigenvalue weighted by molar-refractivity contribution is 6.29. The summed E-state index contributed by atoms with van der Waals surface area (Å²) in [6.07, 6.45) is -4.45. The number of hydrogen-bond acceptors (Lipinski definition) is 3. The number of nitrogens with zero attached hydrogens (tertiary/aromatic N) is 2. The Balaban J connectivity index is 1.87. The fourth-order valence-corrected chi connectivity index (χ4v) is 3.47. The zero-order chi connectivity index (χ0) is 20.6. The number of benzene rings is 1. The predicted molar refractivity (Wildman–Crippen MR) is 97.9 cm³/mol. The molecule has 1 N–H and O–H groups in total. The summed E-state index contributed by atoms with van der Waals surface area (Å²) in [6, 6.07) is 7.64. The zero-order valence-electron chi connectivity index (χ0n) is 15.0. The van der Waals surface area contributed by atoms with Gasteiger partial charge in [0, 0.05) is 19.5 Å². The largest absolute Gasteiger partial charge is 0.416 e. The van der Waals surface area contributed by atoms with Crippen molar-refractivity contribution in [1.29, 1.82) is 0 Å². The molecule has 0 spiro atoms. The molecule has 148 valence electrons. The molecule has 0 radical (unpaired) electrons. The lowest BCUT2D eigenvalue weighted by Gasteiger charge is -2.18. The molecule has 2 amide bonds. The van der Waals surface area contributed by atoms with Crippen molar-refractivity contribution in [2.45, 2.75) is 19.0 Å². The Kier molecular flexibility index (Phi) is 5.34. The minimum atomic E-state index is -4.45. The van der Waals surface area contributed by atoms with Crippen LogP contribution in [0.4, 0.5) is 18.9 Å². The van der Waals surface area contributed by atoms with E-state index in [1.807, 2.05) is 0 Å². The molecule has 0 bridgehead atoms. The molecule has 5 nitrogen and oxygen atoms in total. The van der Waals surface area contributed by atoms with Crippen LogP contribution in [0.2, 0.25) is 5.15 Å². The second-order valence-corrected chi connectivity index (χ2v) is 7.07. The van der Waals surface area contributed by atoms with Crippen LogP contribution in [0.15, 0.2) is 36.4 Å². The van der Waals surface area contributed by atoms with E-state index >= 15 is 0 Å². The lowest BCUT2D eigenvalue weighted by molar-refractivity contribution is -0.138. The molecule has 3 rings (SSSR count). The minimum absolute atomic E-state index is 0.236. The Morgan fingerprint density at radius 3 is 2.43 bits per heavy atom. The number of nitrogens with one attached hydrogen (secondary N) is 1. The van der Waals surface area contributed by atoms with Gasteiger partial charge in [-0.05, 0) is 36.8 Å². The molecule has 2 atom stereocenters. The number of aryl methyl sites for hydroxylation is 1. The first-order chi connectivity index (χ1) is 13.1. The highest BCUT2D eigenvalue weighted by Gasteiger charge is 2.44. The maximum Gasteiger partial charge on any atom is 0.416 e. The number of halogens is 4. The number of pyridine rings is 1. The van der Waals surface area contributed by atoms with Gasteiger partial charge in [-0.3, -0.25) is 9.59 Å². The maximum absolute atomic E-state index is 12.8. The first kappa shape index (κ1) is 20.1. The summed E-state index contributed by atoms with van der Waals surface area (Å²) >= 11 is 5.81. The zero-order valence-corrected chi connectivity index (χ0v) is 15.8. The molecule has 1 aliphatic heterocycles. The molecule has 1 aliphatic rings. The summed E-state index contributed by atoms with van der Waals surface area (Å²) in [6.45, 7) is 1.90. The Hall–Kier alpha value is -2.61. The van der Waals surface area contributed by atoms with Crippen molar-refractivity contribution in [2.75, 3.05) is 18.9 Å². The molecule has 9 heteroatoms. The third-order valence-corrected chi connectivity index (χ3v) is 4.98. The molecular weight excluding hydrogens is 395 g/mol. The quantitative estimate of drug-likeness (QED) is 0.616. The molecule has 28 heavy (non-hydrogen) atoms. The lowest BCUT2D eigenvalue weighted by atomic mass is 9.87. The number of likely N-dealkylation sites (tertiary alicyclic amines) is 1. The average molecular weight is 412 g/mol. The van der Waals surface area contributed by atoms with Crippen molar-refractivity contribution in [2.24, 2.45) is 5.92 Å². The van der Waals surface area contributed by atoms with E-state index in [0.29, 0.717) is 16.9 Å². The van der Waals surface area contributed by atoms with E-state index in [0.717, 1.165) is 12.1 Å². The molecule has 1 aromatic heterocycles. The van der Waals surface area contributed by atoms with Crippen LogP contribution in [-0.4, -0.2) is 35.3 Å². The number of aromatic nitrogens is 1. The van der Waals surface area contributed by atoms with E-state index in [-0.39, 0.29) is 17.6 Å². The van der Waals surface area contributed by atoms with Gasteiger partial charge in [-0.15, -0.1) is 0 Å². The van der Waals surface area contributed by atoms with Gasteiger partial charge in [0.15, 0.2) is 0 Å². The monoisotopic (exact) mass is 411 g/mol. The second-order valence-electron chi connectivity index (χ2n) is 6.68. The SMILES string of the molecule is Cc1nc(Cl)ccc1NC(=O)[C@H]1C(=O)N(C)C[C@@H]1c1ccc(C(F)(F)F)cc1. The Morgan fingerprint density at radius 2 is 1.86 bits per heavy atom. The summed E-state index contributed by atoms with van der Waals surface area (Å²) in [5, 5.41) is 2.95. The number of rotatable bonds is 3. The summed E-state index contributed by atoms with van der Waals surface area (Å²) < 4.78 is 38.4. The molecule has 0 unspecified atom stereocenters. The number of amides is 2. The van der Waals surface area contributed by atoms with Crippen LogP contribution in [0.1, 0.15) is 22.7 Å². The molecule has 0 aliphatic carbocycles. The lowest BCUT2D eigenvalue weighted by Crippen LogP contribution is -2.33. The van der Waals surface area contributed by atoms with Crippen molar-refractivity contribution in [3.8, 4) is 0 Å². The molecule has 2 aromatic rings. The van der Waals surface area contributed by atoms with E-state index < -0.39 is 29.5 Å². The van der Waals surface area contributed by atoms with E-state index in [1.165, 1.54) is 23.1 Å². The average Bonchev–Trinajstić information content (AvgIpc) is 2.92. The van der Waals surface area contributed by atoms with Crippen LogP contribution in [0.3, 0.4) is 0 Å². The van der Waals surface area contributed by atoms with Crippen LogP contribution < -0.4 is 5.32 Å². The van der Waals surface area contributed by atoms with E-state index in [4.69, 9.17) is 11.6 Å². The summed E-state index contributed by atoms with van der Waals surface area (Å²) in [5.74, 6) is -2.52. The van der Waals surface area contributed by atoms with E-state index in [9.17, 15) is 22.8 Å². The van der Waals surface area contributed by atoms with Crippen LogP contribution in [0.25, 0.3) is 0 Å². The van der Waals surface area contributed by atoms with E-state index in [2.05, 4.69) is 10.3 Å². The topological polar surface area (TPSA) is 62.3 Å². The molecule has 2 heterocycles. The van der Waals surface area contributed by atoms with Crippen LogP contribution in [0.5, 0.6) is 0 Å². The Bertz CT molecular complexity index is 916. The molecule has 1 saturated heterocycles. The Morgan fingerprint density at radius 1 is 1.21 bits per heavy atom. The third kappa shape index (κ3) is 3.96. The number of alkyl halides is 3. The highest BCUT2D eigenvalue weighted by atomic mass is 35.5. The number of hydrogen-bond donors (Lipinski definition) is 1. The van der Waals surface area contributed by atoms with Crippen molar-refractivity contribution in [3.05, 3.63) is 58.4 Å². The standard InChI is InChI=1S/C19H17ClF3N3O2/c1-10-14(7-8-15(20)24-10)25-17(27)16-13(9-26(2)18(16)28)11-3-5-12(6-4-11)19(21,22)23/h3-8,13,16H,9H2,1-2H3,(H,25,27)/t13-,16+/m1/s1. The van der Waals surface area contributed by atoms with Crippen molar-refractivity contribution >= 4 is 29.1 Å². The molecule has 0 saturated carbocycles. The first-order valence-electron chi connectivity index (χ1n) is 8.44. The van der Waals surface area contributed by atoms with Crippen molar-refractivity contribution < 1.29 is 22.8 Å². The highest BCUT2D eigenvalue weighted by Crippen LogP contribution is 2.36. The predicted octanol–water partition coefficient (Wildman–Crippen LogP) is 3.87. The van der Waals surface area contributed by atoms with Crippen LogP contribution in [0, 0.1) is 12.8 Å². The fourth-order valence-electron chi connectivity index (χ4n) is 3.28. The number of carbonyl (C=O) groups excluding carboxylic acids is 2. The van der Waals surface area contributed by atoms with Gasteiger partial charge in [-0.1, -0.05) is 23.7 Å². The van der Waals surface area contributed by atoms with Crippen LogP contribution >= 0.6 is 11.6 Å². The third-order valence-electron chi connectivity index (χ3n) is 4.77. The van der Waals surface area contributed by atoms with Gasteiger partial charge in [0.05, 0.1) is 16.9 Å². The number of carbonyl (C=O) groups is 2. The van der Waals surface area contributed by atoms with Gasteiger partial charge in [0.25, 0.3) is 0 Å². The summed E-state index contributed by atoms with van der Waals surface area (Å²) in [7, 11) is 1.56. The number of likely N-dealkylation sites (N-methyl/N-ethyl adjacent to an activating group) is 1. The van der Waals surface area contributed by atoms with E-state index in [1.54, 1.807) is 20.0 Å². The van der Waals surface area contributed by atoms with Gasteiger partial charge in [0.2, 0.25) is 11.8 Å². The normalized spacial score (nSPS) is 19.8. The molecule has 1 aromatic carbocycles. The smallest absolute Gasteiger partial charge is 0.344 e. The van der Waals surface area contributed by atoms with Gasteiger partial charge in [-0.2, -0.15) is 13.2 Å².